The number of ether oxygens (including phenoxy) is 1. The lowest BCUT2D eigenvalue weighted by Gasteiger charge is -2.30. The van der Waals surface area contributed by atoms with Crippen molar-refractivity contribution in [3.05, 3.63) is 64.0 Å². The van der Waals surface area contributed by atoms with E-state index in [1.807, 2.05) is 25.1 Å². The van der Waals surface area contributed by atoms with Crippen molar-refractivity contribution in [2.75, 3.05) is 18.4 Å². The largest absolute Gasteiger partial charge is 0.439 e. The summed E-state index contributed by atoms with van der Waals surface area (Å²) in [6.45, 7) is 5.26. The number of pyridine rings is 1. The highest BCUT2D eigenvalue weighted by atomic mass is 16.5. The van der Waals surface area contributed by atoms with E-state index in [2.05, 4.69) is 32.4 Å². The van der Waals surface area contributed by atoms with E-state index in [1.165, 1.54) is 5.56 Å². The van der Waals surface area contributed by atoms with Crippen molar-refractivity contribution in [1.29, 1.82) is 0 Å². The third-order valence-corrected chi connectivity index (χ3v) is 5.38. The van der Waals surface area contributed by atoms with E-state index < -0.39 is 0 Å². The molecule has 0 spiro atoms. The molecule has 3 aromatic rings. The first-order valence-corrected chi connectivity index (χ1v) is 9.89. The number of hydrogen-bond acceptors (Lipinski definition) is 5. The molecule has 9 nitrogen and oxygen atoms in total. The van der Waals surface area contributed by atoms with Gasteiger partial charge in [-0.05, 0) is 56.0 Å². The molecule has 0 bridgehead atoms. The highest BCUT2D eigenvalue weighted by Gasteiger charge is 2.25. The molecule has 1 aromatic carbocycles. The Bertz CT molecular complexity index is 1080. The van der Waals surface area contributed by atoms with Gasteiger partial charge in [0.25, 0.3) is 0 Å². The minimum absolute atomic E-state index is 0.150. The predicted octanol–water partition coefficient (Wildman–Crippen LogP) is 3.31. The Morgan fingerprint density at radius 1 is 1.17 bits per heavy atom. The molecule has 9 heteroatoms. The maximum atomic E-state index is 12.5. The van der Waals surface area contributed by atoms with Crippen LogP contribution in [-0.4, -0.2) is 44.2 Å². The number of rotatable bonds is 4. The van der Waals surface area contributed by atoms with Crippen LogP contribution in [0.1, 0.15) is 35.7 Å². The zero-order valence-electron chi connectivity index (χ0n) is 16.9. The first kappa shape index (κ1) is 19.7. The SMILES string of the molecule is Cc1ccc(Oc2ccc(NC(=O)N3CCC(c4n[nH]c(=O)[nH]4)CC3)cn2)cc1C. The van der Waals surface area contributed by atoms with Gasteiger partial charge in [0, 0.05) is 25.1 Å². The number of aromatic amines is 2. The van der Waals surface area contributed by atoms with Crippen molar-refractivity contribution in [2.24, 2.45) is 0 Å². The second-order valence-electron chi connectivity index (χ2n) is 7.49. The second kappa shape index (κ2) is 8.40. The molecule has 2 amide bonds. The number of carbonyl (C=O) groups excluding carboxylic acids is 1. The van der Waals surface area contributed by atoms with E-state index in [-0.39, 0.29) is 17.6 Å². The summed E-state index contributed by atoms with van der Waals surface area (Å²) in [6, 6.07) is 9.20. The van der Waals surface area contributed by atoms with Crippen LogP contribution in [0.3, 0.4) is 0 Å². The fourth-order valence-corrected chi connectivity index (χ4v) is 3.45. The highest BCUT2D eigenvalue weighted by molar-refractivity contribution is 5.89. The number of anilines is 1. The molecule has 4 rings (SSSR count). The molecular formula is C21H24N6O3. The van der Waals surface area contributed by atoms with Crippen LogP contribution in [0.5, 0.6) is 11.6 Å². The van der Waals surface area contributed by atoms with E-state index in [0.717, 1.165) is 24.2 Å². The summed E-state index contributed by atoms with van der Waals surface area (Å²) in [6.07, 6.45) is 3.07. The first-order chi connectivity index (χ1) is 14.5. The second-order valence-corrected chi connectivity index (χ2v) is 7.49. The van der Waals surface area contributed by atoms with Gasteiger partial charge in [-0.3, -0.25) is 4.98 Å². The van der Waals surface area contributed by atoms with Gasteiger partial charge in [0.15, 0.2) is 0 Å². The van der Waals surface area contributed by atoms with Gasteiger partial charge in [-0.2, -0.15) is 5.10 Å². The molecule has 0 saturated carbocycles. The number of amides is 2. The number of benzene rings is 1. The van der Waals surface area contributed by atoms with Crippen molar-refractivity contribution < 1.29 is 9.53 Å². The maximum absolute atomic E-state index is 12.5. The topological polar surface area (TPSA) is 116 Å². The molecule has 2 aromatic heterocycles. The number of piperidine rings is 1. The summed E-state index contributed by atoms with van der Waals surface area (Å²) in [7, 11) is 0. The van der Waals surface area contributed by atoms with E-state index in [9.17, 15) is 9.59 Å². The number of carbonyl (C=O) groups is 1. The van der Waals surface area contributed by atoms with Crippen molar-refractivity contribution in [2.45, 2.75) is 32.6 Å². The van der Waals surface area contributed by atoms with Crippen molar-refractivity contribution in [1.82, 2.24) is 25.1 Å². The number of nitrogens with one attached hydrogen (secondary N) is 3. The highest BCUT2D eigenvalue weighted by Crippen LogP contribution is 2.26. The van der Waals surface area contributed by atoms with Crippen molar-refractivity contribution in [3.63, 3.8) is 0 Å². The Balaban J connectivity index is 1.30. The molecule has 0 atom stereocenters. The van der Waals surface area contributed by atoms with Gasteiger partial charge in [-0.1, -0.05) is 6.07 Å². The normalized spacial score (nSPS) is 14.5. The number of aryl methyl sites for hydroxylation is 2. The van der Waals surface area contributed by atoms with E-state index in [1.54, 1.807) is 23.2 Å². The molecule has 0 radical (unpaired) electrons. The van der Waals surface area contributed by atoms with Crippen LogP contribution in [0.2, 0.25) is 0 Å². The fourth-order valence-electron chi connectivity index (χ4n) is 3.45. The van der Waals surface area contributed by atoms with Crippen LogP contribution < -0.4 is 15.7 Å². The average molecular weight is 408 g/mol. The lowest BCUT2D eigenvalue weighted by atomic mass is 9.96. The molecule has 30 heavy (non-hydrogen) atoms. The summed E-state index contributed by atoms with van der Waals surface area (Å²) in [5.41, 5.74) is 2.66. The maximum Gasteiger partial charge on any atom is 0.340 e. The number of nitrogens with zero attached hydrogens (tertiary/aromatic N) is 3. The Hall–Kier alpha value is -3.62. The lowest BCUT2D eigenvalue weighted by molar-refractivity contribution is 0.193. The molecular weight excluding hydrogens is 384 g/mol. The van der Waals surface area contributed by atoms with Gasteiger partial charge in [0.1, 0.15) is 11.6 Å². The molecule has 3 N–H and O–H groups in total. The monoisotopic (exact) mass is 408 g/mol. The summed E-state index contributed by atoms with van der Waals surface area (Å²) < 4.78 is 5.78. The van der Waals surface area contributed by atoms with Gasteiger partial charge in [-0.15, -0.1) is 0 Å². The zero-order chi connectivity index (χ0) is 21.1. The fraction of sp³-hybridized carbons (Fsp3) is 0.333. The standard InChI is InChI=1S/C21H24N6O3/c1-13-3-5-17(11-14(13)2)30-18-6-4-16(12-22-18)23-21(29)27-9-7-15(8-10-27)19-24-20(28)26-25-19/h3-6,11-12,15H,7-10H2,1-2H3,(H,23,29)(H2,24,25,26,28). The number of urea groups is 1. The molecule has 156 valence electrons. The smallest absolute Gasteiger partial charge is 0.340 e. The molecule has 0 aliphatic carbocycles. The summed E-state index contributed by atoms with van der Waals surface area (Å²) in [5.74, 6) is 1.99. The first-order valence-electron chi connectivity index (χ1n) is 9.89. The van der Waals surface area contributed by atoms with Gasteiger partial charge >= 0.3 is 11.7 Å². The number of likely N-dealkylation sites (tertiary alicyclic amines) is 1. The van der Waals surface area contributed by atoms with Crippen LogP contribution in [0.25, 0.3) is 0 Å². The van der Waals surface area contributed by atoms with Crippen LogP contribution in [0.15, 0.2) is 41.3 Å². The van der Waals surface area contributed by atoms with Crippen LogP contribution >= 0.6 is 0 Å². The number of H-pyrrole nitrogens is 2. The minimum Gasteiger partial charge on any atom is -0.439 e. The molecule has 1 fully saturated rings. The van der Waals surface area contributed by atoms with Gasteiger partial charge in [0.2, 0.25) is 5.88 Å². The number of hydrogen-bond donors (Lipinski definition) is 3. The van der Waals surface area contributed by atoms with Crippen LogP contribution in [0, 0.1) is 13.8 Å². The quantitative estimate of drug-likeness (QED) is 0.612. The van der Waals surface area contributed by atoms with Gasteiger partial charge in [-0.25, -0.2) is 19.7 Å². The van der Waals surface area contributed by atoms with Gasteiger partial charge < -0.3 is 15.0 Å². The Morgan fingerprint density at radius 3 is 2.60 bits per heavy atom. The zero-order valence-corrected chi connectivity index (χ0v) is 16.9. The van der Waals surface area contributed by atoms with E-state index in [4.69, 9.17) is 4.74 Å². The third-order valence-electron chi connectivity index (χ3n) is 5.38. The molecule has 1 aliphatic rings. The average Bonchev–Trinajstić information content (AvgIpc) is 3.18. The molecule has 0 unspecified atom stereocenters. The minimum atomic E-state index is -0.303. The molecule has 3 heterocycles. The Morgan fingerprint density at radius 2 is 1.97 bits per heavy atom. The van der Waals surface area contributed by atoms with Crippen molar-refractivity contribution in [3.8, 4) is 11.6 Å². The Labute approximate surface area is 173 Å². The predicted molar refractivity (Wildman–Crippen MR) is 112 cm³/mol. The van der Waals surface area contributed by atoms with Crippen LogP contribution in [-0.2, 0) is 0 Å². The van der Waals surface area contributed by atoms with Gasteiger partial charge in [0.05, 0.1) is 11.9 Å². The summed E-state index contributed by atoms with van der Waals surface area (Å²) in [4.78, 5) is 32.5. The summed E-state index contributed by atoms with van der Waals surface area (Å²) in [5, 5.41) is 9.25. The Kier molecular flexibility index (Phi) is 5.51. The molecule has 1 saturated heterocycles. The van der Waals surface area contributed by atoms with E-state index in [0.29, 0.717) is 30.5 Å². The van der Waals surface area contributed by atoms with Crippen molar-refractivity contribution >= 4 is 11.7 Å². The summed E-state index contributed by atoms with van der Waals surface area (Å²) >= 11 is 0. The number of aromatic nitrogens is 4. The van der Waals surface area contributed by atoms with Crippen LogP contribution in [0.4, 0.5) is 10.5 Å². The lowest BCUT2D eigenvalue weighted by Crippen LogP contribution is -2.40. The third kappa shape index (κ3) is 4.51. The molecule has 1 aliphatic heterocycles. The van der Waals surface area contributed by atoms with E-state index >= 15 is 0 Å².